The third-order valence-corrected chi connectivity index (χ3v) is 4.75. The Morgan fingerprint density at radius 1 is 1.18 bits per heavy atom. The van der Waals surface area contributed by atoms with Crippen molar-refractivity contribution in [1.82, 2.24) is 10.2 Å². The molecular formula is C15H30N2. The molecule has 1 aliphatic heterocycles. The van der Waals surface area contributed by atoms with Crippen LogP contribution in [0.25, 0.3) is 0 Å². The van der Waals surface area contributed by atoms with Gasteiger partial charge in [-0.2, -0.15) is 0 Å². The molecule has 1 atom stereocenters. The van der Waals surface area contributed by atoms with Crippen LogP contribution in [0.3, 0.4) is 0 Å². The minimum atomic E-state index is 0.714. The van der Waals surface area contributed by atoms with Crippen molar-refractivity contribution in [3.8, 4) is 0 Å². The van der Waals surface area contributed by atoms with Gasteiger partial charge in [-0.05, 0) is 30.6 Å². The van der Waals surface area contributed by atoms with E-state index in [0.29, 0.717) is 6.04 Å². The second kappa shape index (κ2) is 6.19. The van der Waals surface area contributed by atoms with Crippen LogP contribution in [0.15, 0.2) is 0 Å². The number of nitrogens with zero attached hydrogens (tertiary/aromatic N) is 1. The van der Waals surface area contributed by atoms with Gasteiger partial charge >= 0.3 is 0 Å². The quantitative estimate of drug-likeness (QED) is 0.813. The fourth-order valence-corrected chi connectivity index (χ4v) is 3.33. The molecule has 2 rings (SSSR count). The highest BCUT2D eigenvalue weighted by Gasteiger charge is 2.25. The fraction of sp³-hybridized carbons (Fsp3) is 1.00. The van der Waals surface area contributed by atoms with Gasteiger partial charge in [0.2, 0.25) is 0 Å². The number of piperazine rings is 1. The molecule has 17 heavy (non-hydrogen) atoms. The van der Waals surface area contributed by atoms with Crippen molar-refractivity contribution in [1.29, 1.82) is 0 Å². The lowest BCUT2D eigenvalue weighted by atomic mass is 9.82. The zero-order chi connectivity index (χ0) is 12.3. The topological polar surface area (TPSA) is 15.3 Å². The lowest BCUT2D eigenvalue weighted by Gasteiger charge is -2.38. The standard InChI is InChI=1S/C15H30N2/c1-12(2)15-11-17(9-8-16-15)10-14-6-4-13(3)5-7-14/h12-16H,4-11H2,1-3H3. The summed E-state index contributed by atoms with van der Waals surface area (Å²) in [4.78, 5) is 2.71. The van der Waals surface area contributed by atoms with Gasteiger partial charge in [-0.1, -0.05) is 33.6 Å². The molecule has 0 radical (unpaired) electrons. The molecule has 2 aliphatic rings. The first kappa shape index (κ1) is 13.4. The molecule has 1 saturated carbocycles. The van der Waals surface area contributed by atoms with E-state index in [1.54, 1.807) is 0 Å². The first-order valence-corrected chi connectivity index (χ1v) is 7.61. The molecule has 2 fully saturated rings. The highest BCUT2D eigenvalue weighted by atomic mass is 15.2. The average molecular weight is 238 g/mol. The summed E-state index contributed by atoms with van der Waals surface area (Å²) in [5, 5.41) is 3.65. The molecule has 1 aliphatic carbocycles. The van der Waals surface area contributed by atoms with Crippen molar-refractivity contribution < 1.29 is 0 Å². The normalized spacial score (nSPS) is 36.4. The maximum absolute atomic E-state index is 3.65. The predicted octanol–water partition coefficient (Wildman–Crippen LogP) is 2.74. The van der Waals surface area contributed by atoms with E-state index in [1.807, 2.05) is 0 Å². The molecule has 1 heterocycles. The van der Waals surface area contributed by atoms with Crippen molar-refractivity contribution in [2.45, 2.75) is 52.5 Å². The first-order chi connectivity index (χ1) is 8.15. The fourth-order valence-electron chi connectivity index (χ4n) is 3.33. The molecule has 2 heteroatoms. The third kappa shape index (κ3) is 3.96. The Balaban J connectivity index is 1.75. The highest BCUT2D eigenvalue weighted by Crippen LogP contribution is 2.29. The number of hydrogen-bond donors (Lipinski definition) is 1. The van der Waals surface area contributed by atoms with Gasteiger partial charge in [-0.3, -0.25) is 0 Å². The summed E-state index contributed by atoms with van der Waals surface area (Å²) in [7, 11) is 0. The van der Waals surface area contributed by atoms with Crippen LogP contribution in [0.4, 0.5) is 0 Å². The van der Waals surface area contributed by atoms with Gasteiger partial charge in [0.15, 0.2) is 0 Å². The zero-order valence-electron chi connectivity index (χ0n) is 11.9. The summed E-state index contributed by atoms with van der Waals surface area (Å²) in [6.45, 7) is 12.2. The Kier molecular flexibility index (Phi) is 4.87. The summed E-state index contributed by atoms with van der Waals surface area (Å²) < 4.78 is 0. The Morgan fingerprint density at radius 2 is 1.88 bits per heavy atom. The Morgan fingerprint density at radius 3 is 2.53 bits per heavy atom. The predicted molar refractivity (Wildman–Crippen MR) is 74.2 cm³/mol. The summed E-state index contributed by atoms with van der Waals surface area (Å²) in [5.41, 5.74) is 0. The molecule has 0 spiro atoms. The Bertz CT molecular complexity index is 219. The Labute approximate surface area is 107 Å². The van der Waals surface area contributed by atoms with Gasteiger partial charge in [0, 0.05) is 32.2 Å². The van der Waals surface area contributed by atoms with Crippen LogP contribution in [0.1, 0.15) is 46.5 Å². The molecule has 0 bridgehead atoms. The van der Waals surface area contributed by atoms with E-state index in [1.165, 1.54) is 51.9 Å². The van der Waals surface area contributed by atoms with Crippen molar-refractivity contribution >= 4 is 0 Å². The molecular weight excluding hydrogens is 208 g/mol. The van der Waals surface area contributed by atoms with E-state index in [9.17, 15) is 0 Å². The minimum absolute atomic E-state index is 0.714. The molecule has 1 unspecified atom stereocenters. The average Bonchev–Trinajstić information content (AvgIpc) is 2.32. The summed E-state index contributed by atoms with van der Waals surface area (Å²) in [5.74, 6) is 2.74. The summed E-state index contributed by atoms with van der Waals surface area (Å²) in [6, 6.07) is 0.714. The zero-order valence-corrected chi connectivity index (χ0v) is 11.9. The second-order valence-corrected chi connectivity index (χ2v) is 6.69. The van der Waals surface area contributed by atoms with E-state index in [0.717, 1.165) is 17.8 Å². The molecule has 0 aromatic carbocycles. The maximum atomic E-state index is 3.65. The van der Waals surface area contributed by atoms with Gasteiger partial charge in [0.05, 0.1) is 0 Å². The van der Waals surface area contributed by atoms with E-state index in [2.05, 4.69) is 31.0 Å². The minimum Gasteiger partial charge on any atom is -0.311 e. The number of hydrogen-bond acceptors (Lipinski definition) is 2. The van der Waals surface area contributed by atoms with Gasteiger partial charge in [-0.25, -0.2) is 0 Å². The number of nitrogens with one attached hydrogen (secondary N) is 1. The van der Waals surface area contributed by atoms with Crippen LogP contribution in [0.2, 0.25) is 0 Å². The molecule has 0 amide bonds. The van der Waals surface area contributed by atoms with Crippen LogP contribution in [0.5, 0.6) is 0 Å². The monoisotopic (exact) mass is 238 g/mol. The van der Waals surface area contributed by atoms with Gasteiger partial charge in [0.25, 0.3) is 0 Å². The Hall–Kier alpha value is -0.0800. The maximum Gasteiger partial charge on any atom is 0.0218 e. The van der Waals surface area contributed by atoms with Crippen molar-refractivity contribution in [3.63, 3.8) is 0 Å². The molecule has 1 saturated heterocycles. The number of rotatable bonds is 3. The third-order valence-electron chi connectivity index (χ3n) is 4.75. The summed E-state index contributed by atoms with van der Waals surface area (Å²) in [6.07, 6.45) is 5.86. The van der Waals surface area contributed by atoms with Crippen LogP contribution in [-0.4, -0.2) is 37.1 Å². The molecule has 100 valence electrons. The van der Waals surface area contributed by atoms with Crippen LogP contribution >= 0.6 is 0 Å². The van der Waals surface area contributed by atoms with Crippen LogP contribution < -0.4 is 5.32 Å². The van der Waals surface area contributed by atoms with Crippen LogP contribution in [0, 0.1) is 17.8 Å². The van der Waals surface area contributed by atoms with Gasteiger partial charge < -0.3 is 10.2 Å². The van der Waals surface area contributed by atoms with E-state index < -0.39 is 0 Å². The SMILES string of the molecule is CC1CCC(CN2CCNC(C(C)C)C2)CC1. The molecule has 0 aromatic rings. The second-order valence-electron chi connectivity index (χ2n) is 6.69. The molecule has 2 nitrogen and oxygen atoms in total. The van der Waals surface area contributed by atoms with E-state index in [-0.39, 0.29) is 0 Å². The van der Waals surface area contributed by atoms with E-state index >= 15 is 0 Å². The van der Waals surface area contributed by atoms with Crippen molar-refractivity contribution in [2.75, 3.05) is 26.2 Å². The van der Waals surface area contributed by atoms with Crippen molar-refractivity contribution in [2.24, 2.45) is 17.8 Å². The van der Waals surface area contributed by atoms with Gasteiger partial charge in [-0.15, -0.1) is 0 Å². The molecule has 1 N–H and O–H groups in total. The van der Waals surface area contributed by atoms with Crippen molar-refractivity contribution in [3.05, 3.63) is 0 Å². The molecule has 0 aromatic heterocycles. The lowest BCUT2D eigenvalue weighted by Crippen LogP contribution is -2.53. The highest BCUT2D eigenvalue weighted by molar-refractivity contribution is 4.83. The van der Waals surface area contributed by atoms with Gasteiger partial charge in [0.1, 0.15) is 0 Å². The smallest absolute Gasteiger partial charge is 0.0218 e. The van der Waals surface area contributed by atoms with Crippen LogP contribution in [-0.2, 0) is 0 Å². The first-order valence-electron chi connectivity index (χ1n) is 7.61. The van der Waals surface area contributed by atoms with E-state index in [4.69, 9.17) is 0 Å². The lowest BCUT2D eigenvalue weighted by molar-refractivity contribution is 0.133. The largest absolute Gasteiger partial charge is 0.311 e. The summed E-state index contributed by atoms with van der Waals surface area (Å²) >= 11 is 0.